The van der Waals surface area contributed by atoms with E-state index in [9.17, 15) is 9.59 Å². The molecule has 0 saturated carbocycles. The number of carbonyl (C=O) groups excluding carboxylic acids is 2. The Labute approximate surface area is 231 Å². The van der Waals surface area contributed by atoms with Crippen LogP contribution in [0, 0.1) is 0 Å². The Hall–Kier alpha value is -3.72. The molecule has 1 fully saturated rings. The highest BCUT2D eigenvalue weighted by atomic mass is 35.5. The molecule has 1 aliphatic rings. The van der Waals surface area contributed by atoms with Gasteiger partial charge in [0, 0.05) is 42.3 Å². The third kappa shape index (κ3) is 6.58. The molecule has 0 spiro atoms. The number of thiazole rings is 1. The average molecular weight is 546 g/mol. The summed E-state index contributed by atoms with van der Waals surface area (Å²) in [5, 5.41) is 9.48. The quantitative estimate of drug-likeness (QED) is 0.318. The summed E-state index contributed by atoms with van der Waals surface area (Å²) in [5.41, 5.74) is 3.36. The predicted molar refractivity (Wildman–Crippen MR) is 152 cm³/mol. The fourth-order valence-electron chi connectivity index (χ4n) is 4.42. The maximum Gasteiger partial charge on any atom is 0.273 e. The number of rotatable bonds is 8. The van der Waals surface area contributed by atoms with E-state index in [-0.39, 0.29) is 24.4 Å². The van der Waals surface area contributed by atoms with Gasteiger partial charge in [-0.3, -0.25) is 14.5 Å². The molecule has 1 aliphatic heterocycles. The first-order valence-electron chi connectivity index (χ1n) is 12.4. The third-order valence-electron chi connectivity index (χ3n) is 6.42. The zero-order valence-corrected chi connectivity index (χ0v) is 22.3. The molecule has 0 bridgehead atoms. The van der Waals surface area contributed by atoms with Crippen LogP contribution in [0.2, 0.25) is 5.02 Å². The van der Waals surface area contributed by atoms with Crippen LogP contribution in [0.1, 0.15) is 27.7 Å². The molecule has 0 aliphatic carbocycles. The second-order valence-corrected chi connectivity index (χ2v) is 10.4. The van der Waals surface area contributed by atoms with Gasteiger partial charge in [0.1, 0.15) is 5.69 Å². The van der Waals surface area contributed by atoms with Crippen molar-refractivity contribution >= 4 is 45.6 Å². The molecule has 0 unspecified atom stereocenters. The maximum absolute atomic E-state index is 13.0. The lowest BCUT2D eigenvalue weighted by Gasteiger charge is -2.34. The van der Waals surface area contributed by atoms with Crippen LogP contribution in [-0.4, -0.2) is 59.3 Å². The molecule has 194 valence electrons. The van der Waals surface area contributed by atoms with E-state index in [2.05, 4.69) is 20.5 Å². The van der Waals surface area contributed by atoms with Gasteiger partial charge in [0.2, 0.25) is 5.91 Å². The Bertz CT molecular complexity index is 1320. The molecule has 38 heavy (non-hydrogen) atoms. The second kappa shape index (κ2) is 12.2. The standard InChI is InChI=1S/C29H28ClN5O2S/c30-23-11-13-24(14-12-23)31-29-32-25(20-38-29)28(37)35-17-15-34(16-18-35)19-26(36)33-27(21-7-3-1-4-8-21)22-9-5-2-6-10-22/h1-14,20,27H,15-19H2,(H,31,32)(H,33,36). The first kappa shape index (κ1) is 25.9. The Morgan fingerprint density at radius 3 is 2.08 bits per heavy atom. The number of hydrogen-bond donors (Lipinski definition) is 2. The first-order chi connectivity index (χ1) is 18.5. The minimum atomic E-state index is -0.215. The molecule has 5 rings (SSSR count). The molecule has 7 nitrogen and oxygen atoms in total. The molecule has 2 N–H and O–H groups in total. The first-order valence-corrected chi connectivity index (χ1v) is 13.7. The van der Waals surface area contributed by atoms with Crippen molar-refractivity contribution in [2.24, 2.45) is 0 Å². The number of carbonyl (C=O) groups is 2. The van der Waals surface area contributed by atoms with Crippen molar-refractivity contribution in [1.82, 2.24) is 20.1 Å². The lowest BCUT2D eigenvalue weighted by molar-refractivity contribution is -0.123. The number of nitrogens with one attached hydrogen (secondary N) is 2. The minimum Gasteiger partial charge on any atom is -0.344 e. The molecular formula is C29H28ClN5O2S. The van der Waals surface area contributed by atoms with Gasteiger partial charge in [-0.05, 0) is 35.4 Å². The summed E-state index contributed by atoms with van der Waals surface area (Å²) in [6.45, 7) is 2.62. The van der Waals surface area contributed by atoms with E-state index in [1.807, 2.05) is 72.8 Å². The summed E-state index contributed by atoms with van der Waals surface area (Å²) in [7, 11) is 0. The molecule has 2 amide bonds. The van der Waals surface area contributed by atoms with E-state index < -0.39 is 0 Å². The van der Waals surface area contributed by atoms with E-state index in [4.69, 9.17) is 11.6 Å². The Morgan fingerprint density at radius 1 is 0.868 bits per heavy atom. The fraction of sp³-hybridized carbons (Fsp3) is 0.207. The molecule has 1 saturated heterocycles. The van der Waals surface area contributed by atoms with Gasteiger partial charge < -0.3 is 15.5 Å². The van der Waals surface area contributed by atoms with E-state index in [1.54, 1.807) is 22.4 Å². The third-order valence-corrected chi connectivity index (χ3v) is 7.43. The average Bonchev–Trinajstić information content (AvgIpc) is 3.42. The number of hydrogen-bond acceptors (Lipinski definition) is 6. The van der Waals surface area contributed by atoms with Gasteiger partial charge in [0.25, 0.3) is 5.91 Å². The van der Waals surface area contributed by atoms with Crippen molar-refractivity contribution in [1.29, 1.82) is 0 Å². The van der Waals surface area contributed by atoms with Crippen molar-refractivity contribution in [3.05, 3.63) is 112 Å². The number of halogens is 1. The monoisotopic (exact) mass is 545 g/mol. The summed E-state index contributed by atoms with van der Waals surface area (Å²) in [4.78, 5) is 34.4. The molecule has 9 heteroatoms. The number of benzene rings is 3. The molecule has 2 heterocycles. The normalized spacial score (nSPS) is 13.9. The van der Waals surface area contributed by atoms with E-state index in [0.29, 0.717) is 42.0 Å². The largest absolute Gasteiger partial charge is 0.344 e. The van der Waals surface area contributed by atoms with Gasteiger partial charge in [-0.2, -0.15) is 0 Å². The van der Waals surface area contributed by atoms with Crippen molar-refractivity contribution in [2.45, 2.75) is 6.04 Å². The van der Waals surface area contributed by atoms with Crippen LogP contribution in [0.5, 0.6) is 0 Å². The number of aromatic nitrogens is 1. The zero-order chi connectivity index (χ0) is 26.3. The van der Waals surface area contributed by atoms with E-state index in [0.717, 1.165) is 16.8 Å². The summed E-state index contributed by atoms with van der Waals surface area (Å²) < 4.78 is 0. The van der Waals surface area contributed by atoms with Crippen molar-refractivity contribution in [2.75, 3.05) is 38.0 Å². The molecule has 4 aromatic rings. The minimum absolute atomic E-state index is 0.0418. The van der Waals surface area contributed by atoms with Crippen LogP contribution in [0.4, 0.5) is 10.8 Å². The summed E-state index contributed by atoms with van der Waals surface area (Å²) >= 11 is 7.33. The maximum atomic E-state index is 13.0. The topological polar surface area (TPSA) is 77.6 Å². The molecule has 0 atom stereocenters. The molecule has 1 aromatic heterocycles. The number of amides is 2. The lowest BCUT2D eigenvalue weighted by Crippen LogP contribution is -2.51. The van der Waals surface area contributed by atoms with Gasteiger partial charge >= 0.3 is 0 Å². The van der Waals surface area contributed by atoms with Crippen LogP contribution >= 0.6 is 22.9 Å². The van der Waals surface area contributed by atoms with Crippen molar-refractivity contribution < 1.29 is 9.59 Å². The SMILES string of the molecule is O=C(CN1CCN(C(=O)c2csc(Nc3ccc(Cl)cc3)n2)CC1)NC(c1ccccc1)c1ccccc1. The van der Waals surface area contributed by atoms with Crippen LogP contribution in [0.3, 0.4) is 0 Å². The molecule has 0 radical (unpaired) electrons. The number of nitrogens with zero attached hydrogens (tertiary/aromatic N) is 3. The van der Waals surface area contributed by atoms with Crippen molar-refractivity contribution in [3.63, 3.8) is 0 Å². The highest BCUT2D eigenvalue weighted by Gasteiger charge is 2.26. The summed E-state index contributed by atoms with van der Waals surface area (Å²) in [5.74, 6) is -0.136. The molecule has 3 aromatic carbocycles. The summed E-state index contributed by atoms with van der Waals surface area (Å²) in [6, 6.07) is 27.1. The van der Waals surface area contributed by atoms with Crippen LogP contribution in [-0.2, 0) is 4.79 Å². The fourth-order valence-corrected chi connectivity index (χ4v) is 5.25. The van der Waals surface area contributed by atoms with Gasteiger partial charge in [0.15, 0.2) is 5.13 Å². The second-order valence-electron chi connectivity index (χ2n) is 9.06. The number of anilines is 2. The van der Waals surface area contributed by atoms with Crippen LogP contribution in [0.25, 0.3) is 0 Å². The van der Waals surface area contributed by atoms with E-state index >= 15 is 0 Å². The smallest absolute Gasteiger partial charge is 0.273 e. The van der Waals surface area contributed by atoms with Gasteiger partial charge in [-0.15, -0.1) is 11.3 Å². The lowest BCUT2D eigenvalue weighted by atomic mass is 9.99. The Kier molecular flexibility index (Phi) is 8.33. The van der Waals surface area contributed by atoms with E-state index in [1.165, 1.54) is 11.3 Å². The molecular weight excluding hydrogens is 518 g/mol. The van der Waals surface area contributed by atoms with Crippen LogP contribution < -0.4 is 10.6 Å². The highest BCUT2D eigenvalue weighted by Crippen LogP contribution is 2.24. The van der Waals surface area contributed by atoms with Gasteiger partial charge in [-0.1, -0.05) is 72.3 Å². The highest BCUT2D eigenvalue weighted by molar-refractivity contribution is 7.14. The summed E-state index contributed by atoms with van der Waals surface area (Å²) in [6.07, 6.45) is 0. The Balaban J connectivity index is 1.13. The van der Waals surface area contributed by atoms with Crippen LogP contribution in [0.15, 0.2) is 90.3 Å². The number of piperazine rings is 1. The zero-order valence-electron chi connectivity index (χ0n) is 20.7. The predicted octanol–water partition coefficient (Wildman–Crippen LogP) is 5.20. The van der Waals surface area contributed by atoms with Crippen molar-refractivity contribution in [3.8, 4) is 0 Å². The van der Waals surface area contributed by atoms with Gasteiger partial charge in [-0.25, -0.2) is 4.98 Å². The Morgan fingerprint density at radius 2 is 1.47 bits per heavy atom. The van der Waals surface area contributed by atoms with Gasteiger partial charge in [0.05, 0.1) is 12.6 Å².